The highest BCUT2D eigenvalue weighted by Crippen LogP contribution is 2.32. The smallest absolute Gasteiger partial charge is 0.271 e. The summed E-state index contributed by atoms with van der Waals surface area (Å²) < 4.78 is 64.4. The topological polar surface area (TPSA) is 128 Å². The van der Waals surface area contributed by atoms with Crippen LogP contribution in [0.25, 0.3) is 16.8 Å². The fourth-order valence-electron chi connectivity index (χ4n) is 3.26. The molecule has 34 heavy (non-hydrogen) atoms. The van der Waals surface area contributed by atoms with Gasteiger partial charge in [-0.1, -0.05) is 0 Å². The number of carbonyl (C=O) groups excluding carboxylic acids is 1. The maximum atomic E-state index is 15.4. The number of aromatic nitrogens is 4. The first-order chi connectivity index (χ1) is 16.2. The first-order valence-corrected chi connectivity index (χ1v) is 11.2. The number of aryl methyl sites for hydroxylation is 1. The molecular formula is C21H18F2N6O4S. The Kier molecular flexibility index (Phi) is 5.87. The second-order valence-corrected chi connectivity index (χ2v) is 8.80. The van der Waals surface area contributed by atoms with Crippen LogP contribution in [0, 0.1) is 18.6 Å². The minimum absolute atomic E-state index is 0.0877. The summed E-state index contributed by atoms with van der Waals surface area (Å²) in [5, 5.41) is 2.44. The molecule has 4 rings (SSSR count). The van der Waals surface area contributed by atoms with Gasteiger partial charge in [0, 0.05) is 19.4 Å². The van der Waals surface area contributed by atoms with Gasteiger partial charge in [0.05, 0.1) is 35.8 Å². The molecule has 4 aromatic rings. The molecule has 0 saturated carbocycles. The van der Waals surface area contributed by atoms with Gasteiger partial charge in [-0.25, -0.2) is 27.2 Å². The Morgan fingerprint density at radius 3 is 2.62 bits per heavy atom. The molecule has 0 spiro atoms. The van der Waals surface area contributed by atoms with Crippen LogP contribution in [0.4, 0.5) is 14.5 Å². The van der Waals surface area contributed by atoms with Crippen molar-refractivity contribution in [2.24, 2.45) is 0 Å². The number of nitrogens with zero attached hydrogens (tertiary/aromatic N) is 4. The van der Waals surface area contributed by atoms with Gasteiger partial charge in [0.15, 0.2) is 11.5 Å². The number of anilines is 1. The predicted molar refractivity (Wildman–Crippen MR) is 118 cm³/mol. The van der Waals surface area contributed by atoms with Crippen molar-refractivity contribution in [1.82, 2.24) is 24.7 Å². The molecular weight excluding hydrogens is 470 g/mol. The molecule has 0 fully saturated rings. The molecule has 0 saturated heterocycles. The lowest BCUT2D eigenvalue weighted by Crippen LogP contribution is -2.18. The number of rotatable bonds is 6. The van der Waals surface area contributed by atoms with Crippen molar-refractivity contribution in [2.75, 3.05) is 18.9 Å². The number of amides is 1. The number of hydrogen-bond donors (Lipinski definition) is 2. The van der Waals surface area contributed by atoms with Gasteiger partial charge in [-0.2, -0.15) is 0 Å². The van der Waals surface area contributed by atoms with Crippen molar-refractivity contribution >= 4 is 27.1 Å². The molecule has 10 nitrogen and oxygen atoms in total. The molecule has 2 N–H and O–H groups in total. The zero-order chi connectivity index (χ0) is 24.6. The maximum absolute atomic E-state index is 15.4. The Labute approximate surface area is 192 Å². The zero-order valence-corrected chi connectivity index (χ0v) is 18.9. The number of methoxy groups -OCH3 is 1. The van der Waals surface area contributed by atoms with E-state index in [9.17, 15) is 17.6 Å². The molecule has 0 aliphatic heterocycles. The lowest BCUT2D eigenvalue weighted by Gasteiger charge is -2.14. The minimum Gasteiger partial charge on any atom is -0.480 e. The van der Waals surface area contributed by atoms with E-state index < -0.39 is 38.8 Å². The lowest BCUT2D eigenvalue weighted by molar-refractivity contribution is 0.0960. The van der Waals surface area contributed by atoms with E-state index in [1.165, 1.54) is 49.5 Å². The quantitative estimate of drug-likeness (QED) is 0.427. The third-order valence-electron chi connectivity index (χ3n) is 4.89. The third kappa shape index (κ3) is 4.01. The van der Waals surface area contributed by atoms with E-state index >= 15 is 4.39 Å². The van der Waals surface area contributed by atoms with Crippen LogP contribution in [0.2, 0.25) is 0 Å². The predicted octanol–water partition coefficient (Wildman–Crippen LogP) is 2.55. The summed E-state index contributed by atoms with van der Waals surface area (Å²) >= 11 is 0. The molecule has 13 heteroatoms. The first-order valence-electron chi connectivity index (χ1n) is 9.73. The molecule has 0 aliphatic rings. The van der Waals surface area contributed by atoms with Crippen molar-refractivity contribution in [1.29, 1.82) is 0 Å². The molecule has 1 aromatic carbocycles. The molecule has 0 bridgehead atoms. The number of imidazole rings is 1. The Hall–Kier alpha value is -4.13. The summed E-state index contributed by atoms with van der Waals surface area (Å²) in [6.45, 7) is 1.63. The number of benzene rings is 1. The number of ether oxygens (including phenoxy) is 1. The van der Waals surface area contributed by atoms with Crippen LogP contribution < -0.4 is 14.8 Å². The van der Waals surface area contributed by atoms with Gasteiger partial charge in [-0.05, 0) is 30.7 Å². The van der Waals surface area contributed by atoms with E-state index in [1.54, 1.807) is 6.92 Å². The number of halogens is 2. The fourth-order valence-corrected chi connectivity index (χ4v) is 4.53. The van der Waals surface area contributed by atoms with E-state index in [0.29, 0.717) is 11.1 Å². The molecule has 176 valence electrons. The van der Waals surface area contributed by atoms with E-state index in [4.69, 9.17) is 4.74 Å². The lowest BCUT2D eigenvalue weighted by atomic mass is 10.1. The summed E-state index contributed by atoms with van der Waals surface area (Å²) in [6, 6.07) is 3.19. The number of fused-ring (bicyclic) bond motifs is 1. The van der Waals surface area contributed by atoms with Gasteiger partial charge in [-0.15, -0.1) is 0 Å². The highest BCUT2D eigenvalue weighted by Gasteiger charge is 2.25. The standard InChI is InChI=1S/C21H18F2N6O4S/c1-11-6-16(21(33-3)26-7-11)34(31,32)28-13-5-4-12(22)17(18(13)23)14-9-29-10-27-19(20(30)24-2)15(29)8-25-14/h4-10,28H,1-3H3,(H,24,30). The second kappa shape index (κ2) is 8.67. The number of pyridine rings is 1. The monoisotopic (exact) mass is 488 g/mol. The van der Waals surface area contributed by atoms with Gasteiger partial charge >= 0.3 is 0 Å². The largest absolute Gasteiger partial charge is 0.480 e. The molecule has 0 atom stereocenters. The Morgan fingerprint density at radius 1 is 1.15 bits per heavy atom. The highest BCUT2D eigenvalue weighted by atomic mass is 32.2. The first kappa shape index (κ1) is 23.0. The van der Waals surface area contributed by atoms with Crippen LogP contribution in [0.3, 0.4) is 0 Å². The fraction of sp³-hybridized carbons (Fsp3) is 0.143. The SMILES string of the molecule is CNC(=O)c1ncn2cc(-c3c(F)ccc(NS(=O)(=O)c4cc(C)cnc4OC)c3F)ncc12. The Balaban J connectivity index is 1.78. The van der Waals surface area contributed by atoms with Crippen LogP contribution in [0.5, 0.6) is 5.88 Å². The van der Waals surface area contributed by atoms with Crippen molar-refractivity contribution in [3.8, 4) is 17.1 Å². The zero-order valence-electron chi connectivity index (χ0n) is 18.1. The number of hydrogen-bond acceptors (Lipinski definition) is 7. The number of nitrogens with one attached hydrogen (secondary N) is 2. The van der Waals surface area contributed by atoms with Gasteiger partial charge in [0.25, 0.3) is 15.9 Å². The normalized spacial score (nSPS) is 11.4. The highest BCUT2D eigenvalue weighted by molar-refractivity contribution is 7.92. The molecule has 1 amide bonds. The third-order valence-corrected chi connectivity index (χ3v) is 6.25. The average molecular weight is 488 g/mol. The van der Waals surface area contributed by atoms with Crippen LogP contribution in [-0.4, -0.2) is 47.8 Å². The van der Waals surface area contributed by atoms with Gasteiger partial charge in [0.2, 0.25) is 5.88 Å². The summed E-state index contributed by atoms with van der Waals surface area (Å²) in [5.41, 5.74) is -0.260. The molecule has 3 aromatic heterocycles. The van der Waals surface area contributed by atoms with E-state index in [0.717, 1.165) is 12.1 Å². The molecule has 0 unspecified atom stereocenters. The van der Waals surface area contributed by atoms with Crippen LogP contribution >= 0.6 is 0 Å². The average Bonchev–Trinajstić information content (AvgIpc) is 3.24. The van der Waals surface area contributed by atoms with Crippen LogP contribution in [0.15, 0.2) is 48.0 Å². The molecule has 3 heterocycles. The summed E-state index contributed by atoms with van der Waals surface area (Å²) in [7, 11) is -1.65. The van der Waals surface area contributed by atoms with Gasteiger partial charge < -0.3 is 14.5 Å². The second-order valence-electron chi connectivity index (χ2n) is 7.15. The number of carbonyl (C=O) groups is 1. The van der Waals surface area contributed by atoms with Crippen LogP contribution in [0.1, 0.15) is 16.1 Å². The van der Waals surface area contributed by atoms with Gasteiger partial charge in [-0.3, -0.25) is 14.5 Å². The number of sulfonamides is 1. The van der Waals surface area contributed by atoms with E-state index in [-0.39, 0.29) is 22.2 Å². The van der Waals surface area contributed by atoms with E-state index in [1.807, 2.05) is 0 Å². The Morgan fingerprint density at radius 2 is 1.91 bits per heavy atom. The van der Waals surface area contributed by atoms with Crippen molar-refractivity contribution in [3.05, 3.63) is 66.0 Å². The minimum atomic E-state index is -4.34. The van der Waals surface area contributed by atoms with Gasteiger partial charge in [0.1, 0.15) is 17.0 Å². The maximum Gasteiger partial charge on any atom is 0.271 e. The Bertz CT molecular complexity index is 1540. The van der Waals surface area contributed by atoms with Crippen molar-refractivity contribution < 1.29 is 26.7 Å². The molecule has 0 aliphatic carbocycles. The van der Waals surface area contributed by atoms with Crippen molar-refractivity contribution in [2.45, 2.75) is 11.8 Å². The van der Waals surface area contributed by atoms with Crippen molar-refractivity contribution in [3.63, 3.8) is 0 Å². The summed E-state index contributed by atoms with van der Waals surface area (Å²) in [5.74, 6) is -2.78. The summed E-state index contributed by atoms with van der Waals surface area (Å²) in [4.78, 5) is 23.5. The van der Waals surface area contributed by atoms with Crippen LogP contribution in [-0.2, 0) is 10.0 Å². The summed E-state index contributed by atoms with van der Waals surface area (Å²) in [6.07, 6.45) is 5.24. The van der Waals surface area contributed by atoms with E-state index in [2.05, 4.69) is 25.0 Å². The molecule has 0 radical (unpaired) electrons.